The summed E-state index contributed by atoms with van der Waals surface area (Å²) in [5.74, 6) is 2.34. The van der Waals surface area contributed by atoms with Crippen LogP contribution in [-0.4, -0.2) is 32.3 Å². The maximum absolute atomic E-state index is 12.2. The van der Waals surface area contributed by atoms with Crippen LogP contribution >= 0.6 is 0 Å². The summed E-state index contributed by atoms with van der Waals surface area (Å²) in [6.07, 6.45) is -0.606. The topological polar surface area (TPSA) is 56.8 Å². The Morgan fingerprint density at radius 2 is 1.77 bits per heavy atom. The predicted molar refractivity (Wildman–Crippen MR) is 102 cm³/mol. The molecule has 0 radical (unpaired) electrons. The fraction of sp³-hybridized carbons (Fsp3) is 0.381. The number of carbonyl (C=O) groups is 1. The second kappa shape index (κ2) is 9.70. The van der Waals surface area contributed by atoms with Crippen molar-refractivity contribution in [2.24, 2.45) is 0 Å². The van der Waals surface area contributed by atoms with Gasteiger partial charge in [-0.25, -0.2) is 0 Å². The Kier molecular flexibility index (Phi) is 7.33. The van der Waals surface area contributed by atoms with E-state index in [-0.39, 0.29) is 5.91 Å². The van der Waals surface area contributed by atoms with Gasteiger partial charge in [0.1, 0.15) is 23.9 Å². The first-order chi connectivity index (χ1) is 12.5. The lowest BCUT2D eigenvalue weighted by Crippen LogP contribution is -2.38. The first-order valence-electron chi connectivity index (χ1n) is 8.81. The number of ether oxygens (including phenoxy) is 3. The quantitative estimate of drug-likeness (QED) is 0.694. The monoisotopic (exact) mass is 357 g/mol. The third-order valence-corrected chi connectivity index (χ3v) is 3.92. The number of nitrogens with one attached hydrogen (secondary N) is 1. The number of hydrogen-bond acceptors (Lipinski definition) is 4. The molecule has 0 fully saturated rings. The smallest absolute Gasteiger partial charge is 0.260 e. The second-order valence-electron chi connectivity index (χ2n) is 6.27. The van der Waals surface area contributed by atoms with E-state index >= 15 is 0 Å². The van der Waals surface area contributed by atoms with Gasteiger partial charge in [0.2, 0.25) is 0 Å². The molecular weight excluding hydrogens is 330 g/mol. The van der Waals surface area contributed by atoms with E-state index in [2.05, 4.69) is 25.2 Å². The van der Waals surface area contributed by atoms with Crippen molar-refractivity contribution in [2.75, 3.05) is 20.3 Å². The van der Waals surface area contributed by atoms with Crippen LogP contribution in [0.15, 0.2) is 48.5 Å². The lowest BCUT2D eigenvalue weighted by molar-refractivity contribution is -0.127. The molecule has 0 aliphatic rings. The van der Waals surface area contributed by atoms with Crippen LogP contribution in [0.25, 0.3) is 0 Å². The molecule has 1 N–H and O–H groups in total. The van der Waals surface area contributed by atoms with Crippen LogP contribution in [0.4, 0.5) is 0 Å². The summed E-state index contributed by atoms with van der Waals surface area (Å²) >= 11 is 0. The van der Waals surface area contributed by atoms with Crippen LogP contribution in [0.3, 0.4) is 0 Å². The van der Waals surface area contributed by atoms with Gasteiger partial charge in [0.25, 0.3) is 5.91 Å². The van der Waals surface area contributed by atoms with Gasteiger partial charge in [-0.05, 0) is 36.6 Å². The normalized spacial score (nSPS) is 11.7. The minimum absolute atomic E-state index is 0.187. The first-order valence-corrected chi connectivity index (χ1v) is 8.81. The molecule has 2 aromatic rings. The summed E-state index contributed by atoms with van der Waals surface area (Å²) in [6.45, 7) is 6.78. The summed E-state index contributed by atoms with van der Waals surface area (Å²) in [7, 11) is 1.59. The van der Waals surface area contributed by atoms with Crippen LogP contribution < -0.4 is 19.5 Å². The molecule has 26 heavy (non-hydrogen) atoms. The number of hydrogen-bond donors (Lipinski definition) is 1. The first kappa shape index (κ1) is 19.6. The van der Waals surface area contributed by atoms with E-state index in [1.54, 1.807) is 26.2 Å². The van der Waals surface area contributed by atoms with Crippen LogP contribution in [0.1, 0.15) is 32.3 Å². The molecule has 140 valence electrons. The fourth-order valence-corrected chi connectivity index (χ4v) is 2.50. The van der Waals surface area contributed by atoms with E-state index in [4.69, 9.17) is 14.2 Å². The minimum Gasteiger partial charge on any atom is -0.497 e. The average molecular weight is 357 g/mol. The van der Waals surface area contributed by atoms with Gasteiger partial charge in [-0.15, -0.1) is 0 Å². The molecule has 1 amide bonds. The van der Waals surface area contributed by atoms with Crippen LogP contribution in [0, 0.1) is 0 Å². The molecule has 2 rings (SSSR count). The van der Waals surface area contributed by atoms with Gasteiger partial charge in [0.05, 0.1) is 13.7 Å². The average Bonchev–Trinajstić information content (AvgIpc) is 2.65. The zero-order valence-electron chi connectivity index (χ0n) is 15.8. The van der Waals surface area contributed by atoms with Crippen LogP contribution in [0.5, 0.6) is 17.2 Å². The maximum Gasteiger partial charge on any atom is 0.260 e. The maximum atomic E-state index is 12.2. The predicted octanol–water partition coefficient (Wildman–Crippen LogP) is 3.78. The molecule has 0 saturated heterocycles. The highest BCUT2D eigenvalue weighted by Crippen LogP contribution is 2.25. The van der Waals surface area contributed by atoms with Crippen molar-refractivity contribution >= 4 is 5.91 Å². The van der Waals surface area contributed by atoms with E-state index in [1.807, 2.05) is 30.3 Å². The molecule has 0 aromatic heterocycles. The van der Waals surface area contributed by atoms with E-state index < -0.39 is 6.10 Å². The molecule has 2 aromatic carbocycles. The summed E-state index contributed by atoms with van der Waals surface area (Å²) in [4.78, 5) is 12.2. The molecule has 0 unspecified atom stereocenters. The number of benzene rings is 2. The van der Waals surface area contributed by atoms with Gasteiger partial charge in [-0.1, -0.05) is 38.1 Å². The summed E-state index contributed by atoms with van der Waals surface area (Å²) < 4.78 is 16.6. The zero-order valence-corrected chi connectivity index (χ0v) is 15.8. The highest BCUT2D eigenvalue weighted by atomic mass is 16.5. The molecular formula is C21H27NO4. The van der Waals surface area contributed by atoms with Crippen molar-refractivity contribution in [2.45, 2.75) is 32.8 Å². The number of rotatable bonds is 9. The van der Waals surface area contributed by atoms with Crippen LogP contribution in [0.2, 0.25) is 0 Å². The third kappa shape index (κ3) is 5.69. The molecule has 0 aliphatic heterocycles. The molecule has 0 heterocycles. The Balaban J connectivity index is 1.78. The van der Waals surface area contributed by atoms with E-state index in [0.29, 0.717) is 30.6 Å². The van der Waals surface area contributed by atoms with E-state index in [1.165, 1.54) is 0 Å². The zero-order chi connectivity index (χ0) is 18.9. The van der Waals surface area contributed by atoms with Gasteiger partial charge in [-0.3, -0.25) is 4.79 Å². The highest BCUT2D eigenvalue weighted by Gasteiger charge is 2.14. The lowest BCUT2D eigenvalue weighted by atomic mass is 10.0. The third-order valence-electron chi connectivity index (χ3n) is 3.92. The van der Waals surface area contributed by atoms with Crippen molar-refractivity contribution < 1.29 is 19.0 Å². The Morgan fingerprint density at radius 3 is 2.50 bits per heavy atom. The summed E-state index contributed by atoms with van der Waals surface area (Å²) in [6, 6.07) is 15.1. The summed E-state index contributed by atoms with van der Waals surface area (Å²) in [5.41, 5.74) is 1.16. The van der Waals surface area contributed by atoms with Crippen molar-refractivity contribution in [1.29, 1.82) is 0 Å². The van der Waals surface area contributed by atoms with Gasteiger partial charge in [0.15, 0.2) is 6.10 Å². The number of para-hydroxylation sites is 1. The molecule has 0 bridgehead atoms. The molecule has 1 atom stereocenters. The highest BCUT2D eigenvalue weighted by molar-refractivity contribution is 5.80. The molecule has 5 heteroatoms. The van der Waals surface area contributed by atoms with Gasteiger partial charge < -0.3 is 19.5 Å². The fourth-order valence-electron chi connectivity index (χ4n) is 2.50. The van der Waals surface area contributed by atoms with Crippen molar-refractivity contribution in [3.63, 3.8) is 0 Å². The number of amides is 1. The Morgan fingerprint density at radius 1 is 1.04 bits per heavy atom. The van der Waals surface area contributed by atoms with Gasteiger partial charge in [0, 0.05) is 6.07 Å². The minimum atomic E-state index is -0.606. The van der Waals surface area contributed by atoms with Crippen LogP contribution in [-0.2, 0) is 4.79 Å². The molecule has 0 aliphatic carbocycles. The molecule has 0 spiro atoms. The van der Waals surface area contributed by atoms with Crippen molar-refractivity contribution in [3.05, 3.63) is 54.1 Å². The Hall–Kier alpha value is -2.69. The van der Waals surface area contributed by atoms with Crippen molar-refractivity contribution in [3.8, 4) is 17.2 Å². The largest absolute Gasteiger partial charge is 0.497 e. The summed E-state index contributed by atoms with van der Waals surface area (Å²) in [5, 5.41) is 2.83. The van der Waals surface area contributed by atoms with E-state index in [0.717, 1.165) is 11.3 Å². The Labute approximate surface area is 155 Å². The lowest BCUT2D eigenvalue weighted by Gasteiger charge is -2.16. The molecule has 0 saturated carbocycles. The second-order valence-corrected chi connectivity index (χ2v) is 6.27. The van der Waals surface area contributed by atoms with Gasteiger partial charge in [-0.2, -0.15) is 0 Å². The van der Waals surface area contributed by atoms with E-state index in [9.17, 15) is 4.79 Å². The SMILES string of the molecule is COc1cccc(O[C@H](C)C(=O)NCCOc2ccccc2C(C)C)c1. The number of carbonyl (C=O) groups excluding carboxylic acids is 1. The van der Waals surface area contributed by atoms with Crippen molar-refractivity contribution in [1.82, 2.24) is 5.32 Å². The Bertz CT molecular complexity index is 715. The standard InChI is InChI=1S/C21H27NO4/c1-15(2)19-10-5-6-11-20(19)25-13-12-22-21(23)16(3)26-18-9-7-8-17(14-18)24-4/h5-11,14-16H,12-13H2,1-4H3,(H,22,23)/t16-/m1/s1. The molecule has 5 nitrogen and oxygen atoms in total. The van der Waals surface area contributed by atoms with Gasteiger partial charge >= 0.3 is 0 Å². The number of methoxy groups -OCH3 is 1.